The lowest BCUT2D eigenvalue weighted by atomic mass is 10.2. The third kappa shape index (κ3) is 2.01. The van der Waals surface area contributed by atoms with E-state index in [2.05, 4.69) is 15.3 Å². The highest BCUT2D eigenvalue weighted by Crippen LogP contribution is 2.27. The van der Waals surface area contributed by atoms with E-state index in [0.717, 1.165) is 0 Å². The molecule has 0 spiro atoms. The third-order valence-corrected chi connectivity index (χ3v) is 2.81. The van der Waals surface area contributed by atoms with Crippen molar-refractivity contribution in [3.63, 3.8) is 0 Å². The van der Waals surface area contributed by atoms with Crippen molar-refractivity contribution in [2.24, 2.45) is 0 Å². The average molecular weight is 256 g/mol. The maximum Gasteiger partial charge on any atom is 0.249 e. The summed E-state index contributed by atoms with van der Waals surface area (Å²) in [6.07, 6.45) is 1.23. The summed E-state index contributed by atoms with van der Waals surface area (Å²) in [5.74, 6) is -0.502. The average Bonchev–Trinajstić information content (AvgIpc) is 2.27. The highest BCUT2D eigenvalue weighted by Gasteiger charge is 2.32. The van der Waals surface area contributed by atoms with Gasteiger partial charge in [-0.2, -0.15) is 0 Å². The van der Waals surface area contributed by atoms with Gasteiger partial charge in [0.1, 0.15) is 18.1 Å². The van der Waals surface area contributed by atoms with Crippen LogP contribution in [-0.4, -0.2) is 34.4 Å². The topological polar surface area (TPSA) is 101 Å². The minimum atomic E-state index is -0.541. The van der Waals surface area contributed by atoms with Gasteiger partial charge >= 0.3 is 0 Å². The Morgan fingerprint density at radius 1 is 1.53 bits per heavy atom. The fourth-order valence-electron chi connectivity index (χ4n) is 1.57. The zero-order valence-electron chi connectivity index (χ0n) is 8.98. The number of nitrogens with zero attached hydrogens (tertiary/aromatic N) is 3. The molecular weight excluding hydrogens is 246 g/mol. The lowest BCUT2D eigenvalue weighted by Crippen LogP contribution is -2.57. The molecule has 2 rings (SSSR count). The molecule has 1 fully saturated rings. The Kier molecular flexibility index (Phi) is 2.84. The van der Waals surface area contributed by atoms with Gasteiger partial charge in [0, 0.05) is 0 Å². The maximum atomic E-state index is 11.5. The summed E-state index contributed by atoms with van der Waals surface area (Å²) in [5.41, 5.74) is 5.88. The predicted molar refractivity (Wildman–Crippen MR) is 61.4 cm³/mol. The van der Waals surface area contributed by atoms with E-state index in [1.807, 2.05) is 0 Å². The number of carbonyl (C=O) groups is 2. The fraction of sp³-hybridized carbons (Fsp3) is 0.333. The van der Waals surface area contributed by atoms with Gasteiger partial charge in [-0.05, 0) is 6.92 Å². The Bertz CT molecular complexity index is 492. The van der Waals surface area contributed by atoms with E-state index in [4.69, 9.17) is 17.3 Å². The summed E-state index contributed by atoms with van der Waals surface area (Å²) in [7, 11) is 0. The third-order valence-electron chi connectivity index (χ3n) is 2.51. The summed E-state index contributed by atoms with van der Waals surface area (Å²) in [5, 5.41) is 2.32. The molecule has 1 atom stereocenters. The number of carbonyl (C=O) groups excluding carboxylic acids is 2. The van der Waals surface area contributed by atoms with Crippen LogP contribution in [0.25, 0.3) is 0 Å². The molecule has 0 saturated carbocycles. The van der Waals surface area contributed by atoms with Crippen molar-refractivity contribution < 1.29 is 9.59 Å². The molecule has 90 valence electrons. The Morgan fingerprint density at radius 2 is 2.24 bits per heavy atom. The summed E-state index contributed by atoms with van der Waals surface area (Å²) in [6.45, 7) is 1.65. The van der Waals surface area contributed by atoms with E-state index >= 15 is 0 Å². The molecule has 1 aliphatic rings. The van der Waals surface area contributed by atoms with Crippen LogP contribution in [0.5, 0.6) is 0 Å². The minimum Gasteiger partial charge on any atom is -0.393 e. The number of rotatable bonds is 1. The number of imide groups is 1. The standard InChI is InChI=1S/C9H10ClN5O2/c1-4-9(17)14-5(16)2-15(4)8-6(11)7(10)12-3-13-8/h3-4H,2,11H2,1H3,(H,14,16,17). The molecule has 17 heavy (non-hydrogen) atoms. The van der Waals surface area contributed by atoms with Gasteiger partial charge in [0.25, 0.3) is 0 Å². The highest BCUT2D eigenvalue weighted by molar-refractivity contribution is 6.32. The first kappa shape index (κ1) is 11.6. The molecule has 1 aromatic rings. The van der Waals surface area contributed by atoms with Crippen LogP contribution in [0.4, 0.5) is 11.5 Å². The largest absolute Gasteiger partial charge is 0.393 e. The first-order valence-corrected chi connectivity index (χ1v) is 5.25. The van der Waals surface area contributed by atoms with Crippen molar-refractivity contribution in [1.82, 2.24) is 15.3 Å². The molecule has 1 unspecified atom stereocenters. The van der Waals surface area contributed by atoms with Gasteiger partial charge in [-0.3, -0.25) is 14.9 Å². The van der Waals surface area contributed by atoms with Crippen molar-refractivity contribution in [3.8, 4) is 0 Å². The number of piperazine rings is 1. The van der Waals surface area contributed by atoms with Crippen molar-refractivity contribution in [2.75, 3.05) is 17.2 Å². The number of nitrogens with one attached hydrogen (secondary N) is 1. The normalized spacial score (nSPS) is 20.4. The first-order valence-electron chi connectivity index (χ1n) is 4.87. The number of hydrogen-bond donors (Lipinski definition) is 2. The van der Waals surface area contributed by atoms with Crippen LogP contribution in [0.3, 0.4) is 0 Å². The van der Waals surface area contributed by atoms with Crippen LogP contribution in [0.15, 0.2) is 6.33 Å². The quantitative estimate of drug-likeness (QED) is 0.521. The van der Waals surface area contributed by atoms with Crippen LogP contribution in [0.1, 0.15) is 6.92 Å². The molecule has 7 nitrogen and oxygen atoms in total. The Balaban J connectivity index is 2.41. The lowest BCUT2D eigenvalue weighted by Gasteiger charge is -2.33. The summed E-state index contributed by atoms with van der Waals surface area (Å²) >= 11 is 5.77. The van der Waals surface area contributed by atoms with Gasteiger partial charge < -0.3 is 10.6 Å². The Morgan fingerprint density at radius 3 is 2.94 bits per heavy atom. The smallest absolute Gasteiger partial charge is 0.249 e. The van der Waals surface area contributed by atoms with Crippen LogP contribution < -0.4 is 16.0 Å². The lowest BCUT2D eigenvalue weighted by molar-refractivity contribution is -0.132. The molecule has 0 aliphatic carbocycles. The number of halogens is 1. The van der Waals surface area contributed by atoms with Crippen LogP contribution in [-0.2, 0) is 9.59 Å². The molecule has 1 aromatic heterocycles. The van der Waals surface area contributed by atoms with E-state index in [9.17, 15) is 9.59 Å². The number of nitrogen functional groups attached to an aromatic ring is 1. The second kappa shape index (κ2) is 4.17. The van der Waals surface area contributed by atoms with Gasteiger partial charge in [-0.25, -0.2) is 9.97 Å². The molecule has 0 bridgehead atoms. The van der Waals surface area contributed by atoms with Crippen LogP contribution in [0.2, 0.25) is 5.15 Å². The van der Waals surface area contributed by atoms with E-state index in [0.29, 0.717) is 5.82 Å². The second-order valence-corrected chi connectivity index (χ2v) is 3.98. The number of hydrogen-bond acceptors (Lipinski definition) is 6. The molecule has 0 radical (unpaired) electrons. The molecule has 8 heteroatoms. The van der Waals surface area contributed by atoms with Gasteiger partial charge in [-0.15, -0.1) is 0 Å². The number of amides is 2. The fourth-order valence-corrected chi connectivity index (χ4v) is 1.70. The molecule has 3 N–H and O–H groups in total. The van der Waals surface area contributed by atoms with Crippen molar-refractivity contribution in [1.29, 1.82) is 0 Å². The van der Waals surface area contributed by atoms with Crippen molar-refractivity contribution in [2.45, 2.75) is 13.0 Å². The second-order valence-electron chi connectivity index (χ2n) is 3.62. The van der Waals surface area contributed by atoms with Crippen LogP contribution >= 0.6 is 11.6 Å². The molecular formula is C9H10ClN5O2. The summed E-state index contributed by atoms with van der Waals surface area (Å²) in [6, 6.07) is -0.541. The van der Waals surface area contributed by atoms with E-state index < -0.39 is 17.9 Å². The highest BCUT2D eigenvalue weighted by atomic mass is 35.5. The van der Waals surface area contributed by atoms with Gasteiger partial charge in [0.2, 0.25) is 11.8 Å². The molecule has 1 aliphatic heterocycles. The monoisotopic (exact) mass is 255 g/mol. The van der Waals surface area contributed by atoms with E-state index in [1.165, 1.54) is 11.2 Å². The first-order chi connectivity index (χ1) is 8.00. The summed E-state index contributed by atoms with van der Waals surface area (Å²) < 4.78 is 0. The molecule has 0 aromatic carbocycles. The molecule has 2 heterocycles. The minimum absolute atomic E-state index is 0.00441. The molecule has 1 saturated heterocycles. The Labute approximate surface area is 102 Å². The van der Waals surface area contributed by atoms with Crippen LogP contribution in [0, 0.1) is 0 Å². The van der Waals surface area contributed by atoms with Gasteiger partial charge in [-0.1, -0.05) is 11.6 Å². The van der Waals surface area contributed by atoms with E-state index in [-0.39, 0.29) is 17.4 Å². The number of anilines is 2. The Hall–Kier alpha value is -1.89. The predicted octanol–water partition coefficient (Wildman–Crippen LogP) is -0.436. The summed E-state index contributed by atoms with van der Waals surface area (Å²) in [4.78, 5) is 32.0. The number of nitrogens with two attached hydrogens (primary N) is 1. The maximum absolute atomic E-state index is 11.5. The zero-order chi connectivity index (χ0) is 12.6. The van der Waals surface area contributed by atoms with Gasteiger partial charge in [0.15, 0.2) is 11.0 Å². The van der Waals surface area contributed by atoms with Crippen molar-refractivity contribution in [3.05, 3.63) is 11.5 Å². The van der Waals surface area contributed by atoms with Crippen molar-refractivity contribution >= 4 is 34.9 Å². The number of aromatic nitrogens is 2. The van der Waals surface area contributed by atoms with E-state index in [1.54, 1.807) is 6.92 Å². The van der Waals surface area contributed by atoms with Gasteiger partial charge in [0.05, 0.1) is 6.54 Å². The molecule has 2 amide bonds. The SMILES string of the molecule is CC1C(=O)NC(=O)CN1c1ncnc(Cl)c1N. The zero-order valence-corrected chi connectivity index (χ0v) is 9.73.